The van der Waals surface area contributed by atoms with Gasteiger partial charge >= 0.3 is 0 Å². The predicted octanol–water partition coefficient (Wildman–Crippen LogP) is 1.84. The lowest BCUT2D eigenvalue weighted by Gasteiger charge is -2.39. The fraction of sp³-hybridized carbons (Fsp3) is 0.647. The molecule has 1 unspecified atom stereocenters. The van der Waals surface area contributed by atoms with E-state index in [1.54, 1.807) is 0 Å². The van der Waals surface area contributed by atoms with E-state index in [1.807, 2.05) is 0 Å². The fourth-order valence-corrected chi connectivity index (χ4v) is 3.45. The average molecular weight is 289 g/mol. The molecular formula is C17H27N3O. The highest BCUT2D eigenvalue weighted by atomic mass is 16.5. The SMILES string of the molecule is CCc1cccc(CC)c1N1CCN(C2NCCO2)CC1. The molecule has 2 fully saturated rings. The Balaban J connectivity index is 1.71. The smallest absolute Gasteiger partial charge is 0.166 e. The lowest BCUT2D eigenvalue weighted by atomic mass is 10.0. The molecule has 4 heteroatoms. The lowest BCUT2D eigenvalue weighted by Crippen LogP contribution is -2.53. The van der Waals surface area contributed by atoms with Gasteiger partial charge in [0.05, 0.1) is 6.61 Å². The van der Waals surface area contributed by atoms with Crippen LogP contribution in [0.2, 0.25) is 0 Å². The summed E-state index contributed by atoms with van der Waals surface area (Å²) in [4.78, 5) is 4.99. The van der Waals surface area contributed by atoms with E-state index >= 15 is 0 Å². The number of piperazine rings is 1. The summed E-state index contributed by atoms with van der Waals surface area (Å²) >= 11 is 0. The molecule has 1 aromatic rings. The minimum absolute atomic E-state index is 0.138. The van der Waals surface area contributed by atoms with Crippen LogP contribution in [0.25, 0.3) is 0 Å². The van der Waals surface area contributed by atoms with Crippen LogP contribution in [0.4, 0.5) is 5.69 Å². The summed E-state index contributed by atoms with van der Waals surface area (Å²) < 4.78 is 5.72. The third-order valence-electron chi connectivity index (χ3n) is 4.62. The number of nitrogens with one attached hydrogen (secondary N) is 1. The molecule has 2 saturated heterocycles. The molecule has 0 spiro atoms. The Morgan fingerprint density at radius 1 is 1.10 bits per heavy atom. The van der Waals surface area contributed by atoms with Crippen LogP contribution in [-0.4, -0.2) is 50.6 Å². The van der Waals surface area contributed by atoms with Crippen molar-refractivity contribution < 1.29 is 4.74 Å². The average Bonchev–Trinajstić information content (AvgIpc) is 3.08. The van der Waals surface area contributed by atoms with Crippen LogP contribution in [0.5, 0.6) is 0 Å². The summed E-state index contributed by atoms with van der Waals surface area (Å²) in [6.07, 6.45) is 2.35. The first kappa shape index (κ1) is 14.8. The van der Waals surface area contributed by atoms with Gasteiger partial charge in [-0.2, -0.15) is 0 Å². The van der Waals surface area contributed by atoms with E-state index in [0.29, 0.717) is 0 Å². The summed E-state index contributed by atoms with van der Waals surface area (Å²) in [5.74, 6) is 0. The molecule has 2 aliphatic heterocycles. The van der Waals surface area contributed by atoms with Crippen LogP contribution < -0.4 is 10.2 Å². The van der Waals surface area contributed by atoms with Crippen molar-refractivity contribution in [1.82, 2.24) is 10.2 Å². The Hall–Kier alpha value is -1.10. The molecule has 0 aliphatic carbocycles. The number of hydrogen-bond donors (Lipinski definition) is 1. The maximum absolute atomic E-state index is 5.72. The van der Waals surface area contributed by atoms with Gasteiger partial charge in [-0.1, -0.05) is 32.0 Å². The second kappa shape index (κ2) is 6.77. The van der Waals surface area contributed by atoms with Crippen LogP contribution in [0.3, 0.4) is 0 Å². The van der Waals surface area contributed by atoms with Crippen molar-refractivity contribution in [2.45, 2.75) is 33.0 Å². The van der Waals surface area contributed by atoms with Crippen LogP contribution >= 0.6 is 0 Å². The Morgan fingerprint density at radius 2 is 1.76 bits per heavy atom. The molecule has 2 heterocycles. The molecule has 116 valence electrons. The quantitative estimate of drug-likeness (QED) is 0.915. The van der Waals surface area contributed by atoms with Crippen molar-refractivity contribution in [2.24, 2.45) is 0 Å². The van der Waals surface area contributed by atoms with Crippen LogP contribution in [0.1, 0.15) is 25.0 Å². The summed E-state index contributed by atoms with van der Waals surface area (Å²) in [7, 11) is 0. The van der Waals surface area contributed by atoms with Gasteiger partial charge in [0.2, 0.25) is 0 Å². The van der Waals surface area contributed by atoms with Crippen LogP contribution in [0.15, 0.2) is 18.2 Å². The fourth-order valence-electron chi connectivity index (χ4n) is 3.45. The molecule has 21 heavy (non-hydrogen) atoms. The van der Waals surface area contributed by atoms with Gasteiger partial charge in [0, 0.05) is 38.4 Å². The maximum Gasteiger partial charge on any atom is 0.166 e. The third kappa shape index (κ3) is 3.07. The molecule has 0 amide bonds. The summed E-state index contributed by atoms with van der Waals surface area (Å²) in [5.41, 5.74) is 4.46. The van der Waals surface area contributed by atoms with Gasteiger partial charge in [-0.05, 0) is 24.0 Å². The molecule has 0 aromatic heterocycles. The summed E-state index contributed by atoms with van der Waals surface area (Å²) in [6.45, 7) is 10.6. The maximum atomic E-state index is 5.72. The number of para-hydroxylation sites is 1. The predicted molar refractivity (Wildman–Crippen MR) is 86.7 cm³/mol. The minimum Gasteiger partial charge on any atom is -0.369 e. The molecule has 1 aromatic carbocycles. The van der Waals surface area contributed by atoms with Crippen molar-refractivity contribution in [2.75, 3.05) is 44.2 Å². The highest BCUT2D eigenvalue weighted by Gasteiger charge is 2.27. The number of benzene rings is 1. The molecule has 3 rings (SSSR count). The Morgan fingerprint density at radius 3 is 2.29 bits per heavy atom. The van der Waals surface area contributed by atoms with Crippen molar-refractivity contribution in [1.29, 1.82) is 0 Å². The molecule has 1 atom stereocenters. The lowest BCUT2D eigenvalue weighted by molar-refractivity contribution is -0.0338. The zero-order chi connectivity index (χ0) is 14.7. The number of nitrogens with zero attached hydrogens (tertiary/aromatic N) is 2. The number of rotatable bonds is 4. The van der Waals surface area contributed by atoms with Gasteiger partial charge in [0.25, 0.3) is 0 Å². The van der Waals surface area contributed by atoms with Gasteiger partial charge < -0.3 is 9.64 Å². The topological polar surface area (TPSA) is 27.7 Å². The number of ether oxygens (including phenoxy) is 1. The van der Waals surface area contributed by atoms with Gasteiger partial charge in [-0.3, -0.25) is 10.2 Å². The van der Waals surface area contributed by atoms with Gasteiger partial charge in [0.1, 0.15) is 0 Å². The van der Waals surface area contributed by atoms with Gasteiger partial charge in [0.15, 0.2) is 6.35 Å². The normalized spacial score (nSPS) is 23.7. The van der Waals surface area contributed by atoms with E-state index in [1.165, 1.54) is 16.8 Å². The number of anilines is 1. The van der Waals surface area contributed by atoms with Crippen LogP contribution in [-0.2, 0) is 17.6 Å². The molecule has 1 N–H and O–H groups in total. The van der Waals surface area contributed by atoms with Crippen LogP contribution in [0, 0.1) is 0 Å². The van der Waals surface area contributed by atoms with E-state index < -0.39 is 0 Å². The molecule has 0 bridgehead atoms. The first-order valence-corrected chi connectivity index (χ1v) is 8.28. The van der Waals surface area contributed by atoms with Crippen molar-refractivity contribution >= 4 is 5.69 Å². The van der Waals surface area contributed by atoms with E-state index in [-0.39, 0.29) is 6.35 Å². The van der Waals surface area contributed by atoms with Crippen molar-refractivity contribution in [3.05, 3.63) is 29.3 Å². The largest absolute Gasteiger partial charge is 0.369 e. The third-order valence-corrected chi connectivity index (χ3v) is 4.62. The molecule has 2 aliphatic rings. The standard InChI is InChI=1S/C17H27N3O/c1-3-14-6-5-7-15(4-2)16(14)19-9-11-20(12-10-19)17-18-8-13-21-17/h5-7,17-18H,3-4,8-13H2,1-2H3. The Bertz CT molecular complexity index is 441. The van der Waals surface area contributed by atoms with E-state index in [9.17, 15) is 0 Å². The molecule has 0 radical (unpaired) electrons. The number of aryl methyl sites for hydroxylation is 2. The zero-order valence-corrected chi connectivity index (χ0v) is 13.3. The van der Waals surface area contributed by atoms with Crippen molar-refractivity contribution in [3.63, 3.8) is 0 Å². The highest BCUT2D eigenvalue weighted by molar-refractivity contribution is 5.60. The molecular weight excluding hydrogens is 262 g/mol. The number of hydrogen-bond acceptors (Lipinski definition) is 4. The summed E-state index contributed by atoms with van der Waals surface area (Å²) in [5, 5.41) is 3.41. The van der Waals surface area contributed by atoms with Crippen molar-refractivity contribution in [3.8, 4) is 0 Å². The van der Waals surface area contributed by atoms with Gasteiger partial charge in [-0.15, -0.1) is 0 Å². The second-order valence-electron chi connectivity index (χ2n) is 5.83. The summed E-state index contributed by atoms with van der Waals surface area (Å²) in [6, 6.07) is 6.76. The first-order chi connectivity index (χ1) is 10.3. The van der Waals surface area contributed by atoms with E-state index in [0.717, 1.165) is 52.2 Å². The second-order valence-corrected chi connectivity index (χ2v) is 5.83. The Labute approximate surface area is 128 Å². The monoisotopic (exact) mass is 289 g/mol. The van der Waals surface area contributed by atoms with E-state index in [4.69, 9.17) is 4.74 Å². The Kier molecular flexibility index (Phi) is 4.78. The molecule has 4 nitrogen and oxygen atoms in total. The van der Waals surface area contributed by atoms with E-state index in [2.05, 4.69) is 47.2 Å². The highest BCUT2D eigenvalue weighted by Crippen LogP contribution is 2.28. The minimum atomic E-state index is 0.138. The first-order valence-electron chi connectivity index (χ1n) is 8.28. The van der Waals surface area contributed by atoms with Gasteiger partial charge in [-0.25, -0.2) is 0 Å². The zero-order valence-electron chi connectivity index (χ0n) is 13.3. The molecule has 0 saturated carbocycles.